The molecule has 4 aromatic carbocycles. The zero-order valence-electron chi connectivity index (χ0n) is 33.3. The van der Waals surface area contributed by atoms with Gasteiger partial charge in [0.15, 0.2) is 47.6 Å². The van der Waals surface area contributed by atoms with E-state index in [1.54, 1.807) is 21.1 Å². The third-order valence-electron chi connectivity index (χ3n) is 11.9. The molecule has 8 rings (SSSR count). The zero-order valence-corrected chi connectivity index (χ0v) is 33.3. The van der Waals surface area contributed by atoms with Crippen LogP contribution in [0.3, 0.4) is 0 Å². The van der Waals surface area contributed by atoms with E-state index in [0.29, 0.717) is 78.8 Å². The van der Waals surface area contributed by atoms with E-state index < -0.39 is 23.9 Å². The molecule has 13 heteroatoms. The summed E-state index contributed by atoms with van der Waals surface area (Å²) in [6.07, 6.45) is 2.05. The second kappa shape index (κ2) is 15.6. The van der Waals surface area contributed by atoms with E-state index in [4.69, 9.17) is 28.4 Å². The third kappa shape index (κ3) is 7.69. The summed E-state index contributed by atoms with van der Waals surface area (Å²) < 4.78 is 37.5. The second-order valence-electron chi connectivity index (χ2n) is 15.6. The second-order valence-corrected chi connectivity index (χ2v) is 15.6. The van der Waals surface area contributed by atoms with Gasteiger partial charge in [0.2, 0.25) is 5.75 Å². The molecular formula is C44H50N2O11+2. The maximum absolute atomic E-state index is 13.2. The molecule has 0 saturated heterocycles. The first-order valence-corrected chi connectivity index (χ1v) is 19.2. The van der Waals surface area contributed by atoms with E-state index in [0.717, 1.165) is 27.8 Å². The Morgan fingerprint density at radius 1 is 0.702 bits per heavy atom. The molecule has 0 aliphatic carbocycles. The Labute approximate surface area is 332 Å². The minimum atomic E-state index is -0.957. The predicted molar refractivity (Wildman–Crippen MR) is 209 cm³/mol. The summed E-state index contributed by atoms with van der Waals surface area (Å²) >= 11 is 0. The quantitative estimate of drug-likeness (QED) is 0.107. The van der Waals surface area contributed by atoms with Crippen LogP contribution >= 0.6 is 0 Å². The van der Waals surface area contributed by atoms with Gasteiger partial charge in [-0.15, -0.1) is 0 Å². The molecular weight excluding hydrogens is 732 g/mol. The van der Waals surface area contributed by atoms with Gasteiger partial charge >= 0.3 is 17.9 Å². The summed E-state index contributed by atoms with van der Waals surface area (Å²) in [5, 5.41) is 20.5. The molecule has 6 bridgehead atoms. The number of ether oxygens (including phenoxy) is 6. The molecule has 0 aromatic heterocycles. The average molecular weight is 783 g/mol. The number of fused-ring (bicyclic) bond motifs is 2. The molecule has 0 radical (unpaired) electrons. The lowest BCUT2D eigenvalue weighted by Crippen LogP contribution is -2.54. The first-order chi connectivity index (χ1) is 27.3. The number of hydrogen-bond acceptors (Lipinski definition) is 9. The van der Waals surface area contributed by atoms with Crippen molar-refractivity contribution in [2.24, 2.45) is 0 Å². The highest BCUT2D eigenvalue weighted by atomic mass is 16.6. The number of carbonyl (C=O) groups excluding carboxylic acids is 1. The highest BCUT2D eigenvalue weighted by molar-refractivity contribution is 5.76. The molecule has 57 heavy (non-hydrogen) atoms. The van der Waals surface area contributed by atoms with Crippen molar-refractivity contribution < 1.29 is 62.0 Å². The number of likely N-dealkylation sites (N-methyl/N-ethyl adjacent to an activating group) is 2. The molecule has 0 fully saturated rings. The van der Waals surface area contributed by atoms with Crippen LogP contribution in [0, 0.1) is 0 Å². The minimum Gasteiger partial charge on any atom is -0.493 e. The molecule has 300 valence electrons. The van der Waals surface area contributed by atoms with Gasteiger partial charge in [-0.2, -0.15) is 0 Å². The molecule has 4 aliphatic rings. The molecule has 4 heterocycles. The van der Waals surface area contributed by atoms with Crippen molar-refractivity contribution in [2.75, 3.05) is 61.6 Å². The van der Waals surface area contributed by atoms with Crippen molar-refractivity contribution in [3.63, 3.8) is 0 Å². The molecule has 0 saturated carbocycles. The van der Waals surface area contributed by atoms with Crippen LogP contribution < -0.4 is 28.4 Å². The van der Waals surface area contributed by atoms with E-state index >= 15 is 0 Å². The van der Waals surface area contributed by atoms with E-state index in [9.17, 15) is 24.6 Å². The summed E-state index contributed by atoms with van der Waals surface area (Å²) in [6.45, 7) is 2.51. The third-order valence-corrected chi connectivity index (χ3v) is 11.9. The van der Waals surface area contributed by atoms with Gasteiger partial charge in [-0.05, 0) is 64.7 Å². The van der Waals surface area contributed by atoms with Crippen LogP contribution in [0.25, 0.3) is 0 Å². The Balaban J connectivity index is 1.54. The van der Waals surface area contributed by atoms with Crippen molar-refractivity contribution in [2.45, 2.75) is 51.1 Å². The van der Waals surface area contributed by atoms with E-state index in [2.05, 4.69) is 0 Å². The molecule has 0 spiro atoms. The summed E-state index contributed by atoms with van der Waals surface area (Å²) in [6, 6.07) is 18.4. The van der Waals surface area contributed by atoms with Gasteiger partial charge in [-0.3, -0.25) is 4.79 Å². The number of benzene rings is 4. The van der Waals surface area contributed by atoms with Gasteiger partial charge in [-0.25, -0.2) is 9.59 Å². The number of nitrogens with zero attached hydrogens (tertiary/aromatic N) is 2. The minimum absolute atomic E-state index is 0.0763. The molecule has 0 amide bonds. The number of esters is 1. The van der Waals surface area contributed by atoms with E-state index in [1.807, 2.05) is 74.8 Å². The van der Waals surface area contributed by atoms with Crippen LogP contribution in [-0.4, -0.2) is 98.7 Å². The lowest BCUT2D eigenvalue weighted by Gasteiger charge is -2.45. The Morgan fingerprint density at radius 2 is 1.28 bits per heavy atom. The maximum Gasteiger partial charge on any atom is 0.359 e. The number of aliphatic carboxylic acids is 2. The fourth-order valence-electron chi connectivity index (χ4n) is 8.84. The summed E-state index contributed by atoms with van der Waals surface area (Å²) in [5.74, 6) is 0.604. The highest BCUT2D eigenvalue weighted by Gasteiger charge is 2.46. The SMILES string of the molecule is CCC(=O)Oc1c(OC)cc2c3c1Oc1cc4c(cc1OC)CC[N+](C)(CC(=O)O)C4Cc1ccc(cc1)Oc1cc(ccc1OC)CC3[N+](C)(CC(=O)O)CC2. The number of carboxylic acid groups (broad SMARTS) is 2. The lowest BCUT2D eigenvalue weighted by atomic mass is 9.85. The molecule has 2 N–H and O–H groups in total. The first kappa shape index (κ1) is 39.4. The number of carbonyl (C=O) groups is 3. The lowest BCUT2D eigenvalue weighted by molar-refractivity contribution is -0.934. The molecule has 4 aliphatic heterocycles. The first-order valence-electron chi connectivity index (χ1n) is 19.2. The number of carboxylic acids is 2. The zero-order chi connectivity index (χ0) is 40.6. The van der Waals surface area contributed by atoms with Gasteiger partial charge in [0.05, 0.1) is 54.1 Å². The number of rotatable bonds is 9. The topological polar surface area (TPSA) is 147 Å². The molecule has 4 atom stereocenters. The Bertz CT molecular complexity index is 2220. The molecule has 13 nitrogen and oxygen atoms in total. The van der Waals surface area contributed by atoms with Crippen molar-refractivity contribution in [3.8, 4) is 46.0 Å². The van der Waals surface area contributed by atoms with Crippen molar-refractivity contribution in [1.82, 2.24) is 0 Å². The van der Waals surface area contributed by atoms with E-state index in [-0.39, 0.29) is 46.0 Å². The molecule has 4 aromatic rings. The van der Waals surface area contributed by atoms with Crippen molar-refractivity contribution in [1.29, 1.82) is 0 Å². The van der Waals surface area contributed by atoms with Crippen molar-refractivity contribution >= 4 is 17.9 Å². The van der Waals surface area contributed by atoms with Gasteiger partial charge in [0.1, 0.15) is 17.8 Å². The Morgan fingerprint density at radius 3 is 1.91 bits per heavy atom. The summed E-state index contributed by atoms with van der Waals surface area (Å²) in [7, 11) is 8.53. The largest absolute Gasteiger partial charge is 0.493 e. The van der Waals surface area contributed by atoms with Crippen LogP contribution in [0.1, 0.15) is 58.8 Å². The maximum atomic E-state index is 13.2. The van der Waals surface area contributed by atoms with Crippen molar-refractivity contribution in [3.05, 3.63) is 94.0 Å². The fourth-order valence-corrected chi connectivity index (χ4v) is 8.84. The fraction of sp³-hybridized carbons (Fsp3) is 0.386. The highest BCUT2D eigenvalue weighted by Crippen LogP contribution is 2.54. The normalized spacial score (nSPS) is 22.1. The van der Waals surface area contributed by atoms with Gasteiger partial charge in [0, 0.05) is 37.7 Å². The van der Waals surface area contributed by atoms with Crippen LogP contribution in [0.4, 0.5) is 0 Å². The summed E-state index contributed by atoms with van der Waals surface area (Å²) in [4.78, 5) is 38.1. The van der Waals surface area contributed by atoms with Gasteiger partial charge < -0.3 is 47.6 Å². The number of methoxy groups -OCH3 is 3. The monoisotopic (exact) mass is 782 g/mol. The summed E-state index contributed by atoms with van der Waals surface area (Å²) in [5.41, 5.74) is 5.32. The van der Waals surface area contributed by atoms with E-state index in [1.165, 1.54) is 7.11 Å². The van der Waals surface area contributed by atoms with Crippen LogP contribution in [0.5, 0.6) is 46.0 Å². The number of quaternary nitrogens is 2. The van der Waals surface area contributed by atoms with Gasteiger partial charge in [0.25, 0.3) is 0 Å². The van der Waals surface area contributed by atoms with Crippen LogP contribution in [0.15, 0.2) is 60.7 Å². The number of hydrogen-bond donors (Lipinski definition) is 2. The Hall–Kier alpha value is -5.79. The standard InChI is InChI=1S/C44H48N2O11/c1-7-41(51)57-43-38(54-6)22-29-15-17-46(3,25-40(49)50)33-19-27-10-13-34(52-4)36(20-27)55-30-11-8-26(9-12-30)18-32-31-23-37(56-44(43)42(29)33)35(53-5)21-28(31)14-16-45(32,2)24-39(47)48/h8-13,20-23,32-33H,7,14-19,24-25H2,1-6H3/p+2. The van der Waals surface area contributed by atoms with Crippen LogP contribution in [-0.2, 0) is 40.1 Å². The predicted octanol–water partition coefficient (Wildman–Crippen LogP) is 6.67. The Kier molecular flexibility index (Phi) is 10.8. The van der Waals surface area contributed by atoms with Crippen LogP contribution in [0.2, 0.25) is 0 Å². The average Bonchev–Trinajstić information content (AvgIpc) is 3.17. The molecule has 4 unspecified atom stereocenters. The van der Waals surface area contributed by atoms with Gasteiger partial charge in [-0.1, -0.05) is 25.1 Å². The smallest absolute Gasteiger partial charge is 0.359 e.